The Morgan fingerprint density at radius 3 is 2.22 bits per heavy atom. The Kier molecular flexibility index (Phi) is 4.79. The van der Waals surface area contributed by atoms with E-state index in [1.54, 1.807) is 0 Å². The van der Waals surface area contributed by atoms with Crippen LogP contribution in [0.4, 0.5) is 5.69 Å². The second-order valence-electron chi connectivity index (χ2n) is 4.39. The summed E-state index contributed by atoms with van der Waals surface area (Å²) in [5, 5.41) is 6.59. The Balaban J connectivity index is 1.86. The summed E-state index contributed by atoms with van der Waals surface area (Å²) in [6.45, 7) is 1.90. The van der Waals surface area contributed by atoms with Crippen LogP contribution in [0, 0.1) is 0 Å². The van der Waals surface area contributed by atoms with Gasteiger partial charge >= 0.3 is 0 Å². The third-order valence-electron chi connectivity index (χ3n) is 2.96. The Bertz CT molecular complexity index is 448. The molecule has 0 saturated heterocycles. The Hall–Kier alpha value is -1.80. The maximum absolute atomic E-state index is 3.43. The van der Waals surface area contributed by atoms with Crippen LogP contribution in [0.15, 0.2) is 54.6 Å². The molecule has 2 N–H and O–H groups in total. The van der Waals surface area contributed by atoms with Gasteiger partial charge in [0.05, 0.1) is 0 Å². The van der Waals surface area contributed by atoms with Gasteiger partial charge < -0.3 is 10.6 Å². The highest BCUT2D eigenvalue weighted by molar-refractivity contribution is 5.45. The van der Waals surface area contributed by atoms with Crippen molar-refractivity contribution in [1.82, 2.24) is 5.32 Å². The molecular formula is C16H20N2. The molecule has 0 spiro atoms. The molecular weight excluding hydrogens is 220 g/mol. The molecule has 0 saturated carbocycles. The summed E-state index contributed by atoms with van der Waals surface area (Å²) in [7, 11) is 1.98. The molecule has 0 atom stereocenters. The van der Waals surface area contributed by atoms with Gasteiger partial charge in [-0.3, -0.25) is 0 Å². The largest absolute Gasteiger partial charge is 0.381 e. The van der Waals surface area contributed by atoms with Crippen molar-refractivity contribution in [1.29, 1.82) is 0 Å². The van der Waals surface area contributed by atoms with Crippen molar-refractivity contribution < 1.29 is 0 Å². The first-order chi connectivity index (χ1) is 8.88. The van der Waals surface area contributed by atoms with Crippen molar-refractivity contribution in [3.63, 3.8) is 0 Å². The summed E-state index contributed by atoms with van der Waals surface area (Å²) in [6.07, 6.45) is 1.08. The van der Waals surface area contributed by atoms with Crippen LogP contribution in [0.2, 0.25) is 0 Å². The topological polar surface area (TPSA) is 24.1 Å². The zero-order valence-corrected chi connectivity index (χ0v) is 10.8. The highest BCUT2D eigenvalue weighted by atomic mass is 14.9. The van der Waals surface area contributed by atoms with Crippen molar-refractivity contribution in [3.05, 3.63) is 65.7 Å². The Labute approximate surface area is 109 Å². The average Bonchev–Trinajstić information content (AvgIpc) is 2.45. The summed E-state index contributed by atoms with van der Waals surface area (Å²) in [5.74, 6) is 0. The van der Waals surface area contributed by atoms with Crippen LogP contribution in [0.5, 0.6) is 0 Å². The fourth-order valence-corrected chi connectivity index (χ4v) is 1.86. The van der Waals surface area contributed by atoms with Gasteiger partial charge in [-0.1, -0.05) is 42.5 Å². The van der Waals surface area contributed by atoms with Crippen LogP contribution in [-0.4, -0.2) is 13.6 Å². The molecule has 2 rings (SSSR count). The molecule has 0 radical (unpaired) electrons. The van der Waals surface area contributed by atoms with Gasteiger partial charge in [0, 0.05) is 12.2 Å². The highest BCUT2D eigenvalue weighted by Gasteiger charge is 1.95. The highest BCUT2D eigenvalue weighted by Crippen LogP contribution is 2.11. The van der Waals surface area contributed by atoms with Gasteiger partial charge in [0.25, 0.3) is 0 Å². The molecule has 0 aromatic heterocycles. The van der Waals surface area contributed by atoms with E-state index >= 15 is 0 Å². The summed E-state index contributed by atoms with van der Waals surface area (Å²) < 4.78 is 0. The van der Waals surface area contributed by atoms with Crippen LogP contribution < -0.4 is 10.6 Å². The minimum Gasteiger partial charge on any atom is -0.381 e. The van der Waals surface area contributed by atoms with E-state index in [1.807, 2.05) is 13.1 Å². The quantitative estimate of drug-likeness (QED) is 0.811. The molecule has 0 aliphatic carbocycles. The van der Waals surface area contributed by atoms with E-state index in [1.165, 1.54) is 16.8 Å². The van der Waals surface area contributed by atoms with Gasteiger partial charge in [-0.2, -0.15) is 0 Å². The predicted octanol–water partition coefficient (Wildman–Crippen LogP) is 3.06. The van der Waals surface area contributed by atoms with E-state index in [-0.39, 0.29) is 0 Å². The van der Waals surface area contributed by atoms with Crippen LogP contribution in [0.3, 0.4) is 0 Å². The third-order valence-corrected chi connectivity index (χ3v) is 2.96. The van der Waals surface area contributed by atoms with E-state index < -0.39 is 0 Å². The second kappa shape index (κ2) is 6.82. The third kappa shape index (κ3) is 3.90. The van der Waals surface area contributed by atoms with Crippen molar-refractivity contribution in [2.75, 3.05) is 18.9 Å². The first-order valence-corrected chi connectivity index (χ1v) is 6.40. The normalized spacial score (nSPS) is 10.3. The summed E-state index contributed by atoms with van der Waals surface area (Å²) in [4.78, 5) is 0. The lowest BCUT2D eigenvalue weighted by molar-refractivity contribution is 0.792. The number of hydrogen-bond acceptors (Lipinski definition) is 2. The van der Waals surface area contributed by atoms with Crippen LogP contribution in [0.25, 0.3) is 0 Å². The second-order valence-corrected chi connectivity index (χ2v) is 4.39. The van der Waals surface area contributed by atoms with Gasteiger partial charge in [-0.05, 0) is 43.3 Å². The molecule has 2 nitrogen and oxygen atoms in total. The molecule has 94 valence electrons. The molecule has 2 aromatic rings. The van der Waals surface area contributed by atoms with Crippen LogP contribution in [-0.2, 0) is 13.0 Å². The molecule has 0 unspecified atom stereocenters. The SMILES string of the molecule is CNCCc1ccc(NCc2ccccc2)cc1. The minimum atomic E-state index is 0.872. The van der Waals surface area contributed by atoms with Crippen molar-refractivity contribution >= 4 is 5.69 Å². The lowest BCUT2D eigenvalue weighted by Crippen LogP contribution is -2.10. The van der Waals surface area contributed by atoms with Gasteiger partial charge in [-0.25, -0.2) is 0 Å². The van der Waals surface area contributed by atoms with Gasteiger partial charge in [0.1, 0.15) is 0 Å². The van der Waals surface area contributed by atoms with Crippen molar-refractivity contribution in [2.24, 2.45) is 0 Å². The molecule has 0 amide bonds. The fourth-order valence-electron chi connectivity index (χ4n) is 1.86. The predicted molar refractivity (Wildman–Crippen MR) is 77.8 cm³/mol. The zero-order valence-electron chi connectivity index (χ0n) is 10.8. The lowest BCUT2D eigenvalue weighted by atomic mass is 10.1. The number of likely N-dealkylation sites (N-methyl/N-ethyl adjacent to an activating group) is 1. The average molecular weight is 240 g/mol. The monoisotopic (exact) mass is 240 g/mol. The van der Waals surface area contributed by atoms with Gasteiger partial charge in [0.2, 0.25) is 0 Å². The fraction of sp³-hybridized carbons (Fsp3) is 0.250. The summed E-state index contributed by atoms with van der Waals surface area (Å²) in [5.41, 5.74) is 3.85. The molecule has 2 heteroatoms. The molecule has 18 heavy (non-hydrogen) atoms. The van der Waals surface area contributed by atoms with Crippen LogP contribution in [0.1, 0.15) is 11.1 Å². The zero-order chi connectivity index (χ0) is 12.6. The molecule has 2 aromatic carbocycles. The minimum absolute atomic E-state index is 0.872. The molecule has 0 bridgehead atoms. The number of rotatable bonds is 6. The molecule has 0 fully saturated rings. The smallest absolute Gasteiger partial charge is 0.0400 e. The van der Waals surface area contributed by atoms with E-state index in [0.29, 0.717) is 0 Å². The number of nitrogens with one attached hydrogen (secondary N) is 2. The van der Waals surface area contributed by atoms with E-state index in [4.69, 9.17) is 0 Å². The first kappa shape index (κ1) is 12.7. The van der Waals surface area contributed by atoms with E-state index in [2.05, 4.69) is 59.2 Å². The van der Waals surface area contributed by atoms with Crippen molar-refractivity contribution in [3.8, 4) is 0 Å². The number of benzene rings is 2. The maximum Gasteiger partial charge on any atom is 0.0400 e. The lowest BCUT2D eigenvalue weighted by Gasteiger charge is -2.07. The summed E-state index contributed by atoms with van der Waals surface area (Å²) >= 11 is 0. The standard InChI is InChI=1S/C16H20N2/c1-17-12-11-14-7-9-16(10-8-14)18-13-15-5-3-2-4-6-15/h2-10,17-18H,11-13H2,1H3. The van der Waals surface area contributed by atoms with Crippen LogP contribution >= 0.6 is 0 Å². The maximum atomic E-state index is 3.43. The first-order valence-electron chi connectivity index (χ1n) is 6.40. The van der Waals surface area contributed by atoms with Gasteiger partial charge in [-0.15, -0.1) is 0 Å². The number of hydrogen-bond donors (Lipinski definition) is 2. The number of anilines is 1. The molecule has 0 aliphatic heterocycles. The van der Waals surface area contributed by atoms with Crippen molar-refractivity contribution in [2.45, 2.75) is 13.0 Å². The van der Waals surface area contributed by atoms with E-state index in [9.17, 15) is 0 Å². The molecule has 0 aliphatic rings. The molecule has 0 heterocycles. The summed E-state index contributed by atoms with van der Waals surface area (Å²) in [6, 6.07) is 19.1. The Morgan fingerprint density at radius 2 is 1.56 bits per heavy atom. The van der Waals surface area contributed by atoms with E-state index in [0.717, 1.165) is 19.5 Å². The van der Waals surface area contributed by atoms with Gasteiger partial charge in [0.15, 0.2) is 0 Å². The Morgan fingerprint density at radius 1 is 0.833 bits per heavy atom.